The topological polar surface area (TPSA) is 117 Å². The summed E-state index contributed by atoms with van der Waals surface area (Å²) in [7, 11) is -1.46. The third-order valence-corrected chi connectivity index (χ3v) is 9.20. The summed E-state index contributed by atoms with van der Waals surface area (Å²) in [4.78, 5) is 0. The molecule has 2 unspecified atom stereocenters. The lowest BCUT2D eigenvalue weighted by Crippen LogP contribution is -2.71. The Kier molecular flexibility index (Phi) is 11.6. The van der Waals surface area contributed by atoms with Gasteiger partial charge in [-0.05, 0) is 30.5 Å². The molecule has 0 radical (unpaired) electrons. The zero-order valence-corrected chi connectivity index (χ0v) is 27.3. The van der Waals surface area contributed by atoms with Crippen LogP contribution in [0.4, 0.5) is 0 Å². The zero-order valence-electron chi connectivity index (χ0n) is 26.5. The van der Waals surface area contributed by atoms with E-state index in [-0.39, 0.29) is 26.4 Å². The van der Waals surface area contributed by atoms with Crippen molar-refractivity contribution in [2.45, 2.75) is 75.8 Å². The van der Waals surface area contributed by atoms with Crippen LogP contribution in [0.25, 0.3) is 0 Å². The van der Waals surface area contributed by atoms with Crippen molar-refractivity contribution in [2.75, 3.05) is 27.4 Å². The molecule has 12 heteroatoms. The van der Waals surface area contributed by atoms with Crippen LogP contribution in [-0.2, 0) is 71.7 Å². The van der Waals surface area contributed by atoms with Crippen LogP contribution in [0.2, 0.25) is 0 Å². The van der Waals surface area contributed by atoms with Crippen molar-refractivity contribution in [1.29, 1.82) is 0 Å². The monoisotopic (exact) mass is 658 g/mol. The Balaban J connectivity index is 1.48. The van der Waals surface area contributed by atoms with Gasteiger partial charge < -0.3 is 33.2 Å². The van der Waals surface area contributed by atoms with E-state index in [4.69, 9.17) is 41.5 Å². The molecule has 0 aromatic heterocycles. The van der Waals surface area contributed by atoms with Gasteiger partial charge in [0.25, 0.3) is 0 Å². The van der Waals surface area contributed by atoms with E-state index in [1.165, 1.54) is 14.2 Å². The molecule has 7 atom stereocenters. The molecule has 11 nitrogen and oxygen atoms in total. The van der Waals surface area contributed by atoms with Crippen molar-refractivity contribution in [1.82, 2.24) is 0 Å². The summed E-state index contributed by atoms with van der Waals surface area (Å²) in [5, 5.41) is 0. The molecule has 46 heavy (non-hydrogen) atoms. The Morgan fingerprint density at radius 1 is 0.739 bits per heavy atom. The lowest BCUT2D eigenvalue weighted by molar-refractivity contribution is -0.463. The van der Waals surface area contributed by atoms with Gasteiger partial charge in [0.05, 0.1) is 33.0 Å². The van der Waals surface area contributed by atoms with Crippen LogP contribution in [0, 0.1) is 0 Å². The second-order valence-corrected chi connectivity index (χ2v) is 12.6. The second-order valence-electron chi connectivity index (χ2n) is 11.4. The highest BCUT2D eigenvalue weighted by Crippen LogP contribution is 2.43. The van der Waals surface area contributed by atoms with Crippen molar-refractivity contribution >= 4 is 10.4 Å². The molecule has 2 fully saturated rings. The Morgan fingerprint density at radius 3 is 1.83 bits per heavy atom. The van der Waals surface area contributed by atoms with Gasteiger partial charge >= 0.3 is 10.4 Å². The molecule has 5 rings (SSSR count). The summed E-state index contributed by atoms with van der Waals surface area (Å²) in [6.07, 6.45) is -4.94. The van der Waals surface area contributed by atoms with Gasteiger partial charge in [0.2, 0.25) is 11.6 Å². The molecular formula is C34H42O11S. The van der Waals surface area contributed by atoms with E-state index < -0.39 is 52.5 Å². The fraction of sp³-hybridized carbons (Fsp3) is 0.471. The summed E-state index contributed by atoms with van der Waals surface area (Å²) in [6, 6.07) is 28.9. The molecule has 0 spiro atoms. The Bertz CT molecular complexity index is 1460. The second kappa shape index (κ2) is 15.4. The molecule has 0 N–H and O–H groups in total. The Morgan fingerprint density at radius 2 is 1.26 bits per heavy atom. The molecule has 2 saturated heterocycles. The smallest absolute Gasteiger partial charge is 0.374 e. The summed E-state index contributed by atoms with van der Waals surface area (Å²) < 4.78 is 79.9. The third-order valence-electron chi connectivity index (χ3n) is 8.32. The van der Waals surface area contributed by atoms with Crippen LogP contribution >= 0.6 is 0 Å². The van der Waals surface area contributed by atoms with E-state index in [1.807, 2.05) is 91.0 Å². The van der Waals surface area contributed by atoms with Crippen LogP contribution in [0.15, 0.2) is 91.0 Å². The van der Waals surface area contributed by atoms with Gasteiger partial charge in [-0.3, -0.25) is 0 Å². The lowest BCUT2D eigenvalue weighted by atomic mass is 9.94. The number of hydrogen-bond acceptors (Lipinski definition) is 11. The zero-order chi connectivity index (χ0) is 32.6. The van der Waals surface area contributed by atoms with E-state index in [1.54, 1.807) is 13.8 Å². The van der Waals surface area contributed by atoms with Crippen LogP contribution in [0.3, 0.4) is 0 Å². The largest absolute Gasteiger partial charge is 0.400 e. The van der Waals surface area contributed by atoms with Crippen molar-refractivity contribution < 1.29 is 49.9 Å². The average molecular weight is 659 g/mol. The van der Waals surface area contributed by atoms with Gasteiger partial charge in [0, 0.05) is 14.2 Å². The highest BCUT2D eigenvalue weighted by molar-refractivity contribution is 7.81. The van der Waals surface area contributed by atoms with Crippen LogP contribution < -0.4 is 0 Å². The van der Waals surface area contributed by atoms with Gasteiger partial charge in [0.1, 0.15) is 30.5 Å². The third kappa shape index (κ3) is 8.39. The van der Waals surface area contributed by atoms with Gasteiger partial charge in [-0.15, -0.1) is 0 Å². The molecular weight excluding hydrogens is 616 g/mol. The number of ether oxygens (including phenoxy) is 7. The number of methoxy groups -OCH3 is 2. The van der Waals surface area contributed by atoms with Gasteiger partial charge in [-0.2, -0.15) is 8.42 Å². The first-order valence-electron chi connectivity index (χ1n) is 15.1. The quantitative estimate of drug-likeness (QED) is 0.243. The van der Waals surface area contributed by atoms with E-state index in [2.05, 4.69) is 0 Å². The number of rotatable bonds is 14. The van der Waals surface area contributed by atoms with E-state index >= 15 is 0 Å². The fourth-order valence-corrected chi connectivity index (χ4v) is 6.28. The molecule has 3 aromatic rings. The minimum Gasteiger partial charge on any atom is -0.374 e. The maximum absolute atomic E-state index is 12.7. The fourth-order valence-electron chi connectivity index (χ4n) is 5.42. The summed E-state index contributed by atoms with van der Waals surface area (Å²) in [5.74, 6) is -2.94. The summed E-state index contributed by atoms with van der Waals surface area (Å²) in [5.41, 5.74) is 2.79. The van der Waals surface area contributed by atoms with Crippen LogP contribution in [0.1, 0.15) is 30.5 Å². The van der Waals surface area contributed by atoms with Crippen molar-refractivity contribution in [3.05, 3.63) is 108 Å². The first-order valence-corrected chi connectivity index (χ1v) is 16.4. The average Bonchev–Trinajstić information content (AvgIpc) is 3.08. The first kappa shape index (κ1) is 34.6. The molecule has 250 valence electrons. The van der Waals surface area contributed by atoms with E-state index in [0.29, 0.717) is 6.61 Å². The summed E-state index contributed by atoms with van der Waals surface area (Å²) in [6.45, 7) is 3.83. The van der Waals surface area contributed by atoms with Gasteiger partial charge in [0.15, 0.2) is 0 Å². The minimum atomic E-state index is -4.39. The predicted molar refractivity (Wildman–Crippen MR) is 166 cm³/mol. The highest BCUT2D eigenvalue weighted by atomic mass is 32.3. The van der Waals surface area contributed by atoms with Crippen molar-refractivity contribution in [2.24, 2.45) is 0 Å². The van der Waals surface area contributed by atoms with Crippen molar-refractivity contribution in [3.63, 3.8) is 0 Å². The van der Waals surface area contributed by atoms with Gasteiger partial charge in [-0.1, -0.05) is 91.0 Å². The maximum atomic E-state index is 12.7. The van der Waals surface area contributed by atoms with Gasteiger partial charge in [-0.25, -0.2) is 8.37 Å². The van der Waals surface area contributed by atoms with Crippen LogP contribution in [0.5, 0.6) is 0 Å². The highest BCUT2D eigenvalue weighted by Gasteiger charge is 2.61. The van der Waals surface area contributed by atoms with Crippen LogP contribution in [-0.4, -0.2) is 77.9 Å². The maximum Gasteiger partial charge on any atom is 0.400 e. The lowest BCUT2D eigenvalue weighted by Gasteiger charge is -2.55. The molecule has 3 aromatic carbocycles. The molecule has 2 heterocycles. The standard InChI is InChI=1S/C34H42O11S/c1-33(37-3)34(2,38-4)44-32(31-29(24-42-46(35,36)45-31)41-22-27-18-12-7-13-19-27)30(43-33)28(40-21-26-16-10-6-11-17-26)23-39-20-25-14-8-5-9-15-25/h5-19,28-32H,20-24H2,1-4H3/t28-,29+,30-,31+,32+,33?,34?/m0/s1. The Hall–Kier alpha value is -2.75. The van der Waals surface area contributed by atoms with Crippen molar-refractivity contribution in [3.8, 4) is 0 Å². The molecule has 0 amide bonds. The Labute approximate surface area is 270 Å². The molecule has 2 aliphatic rings. The predicted octanol–water partition coefficient (Wildman–Crippen LogP) is 4.54. The normalized spacial score (nSPS) is 30.1. The van der Waals surface area contributed by atoms with E-state index in [9.17, 15) is 8.42 Å². The molecule has 0 bridgehead atoms. The summed E-state index contributed by atoms with van der Waals surface area (Å²) >= 11 is 0. The molecule has 2 aliphatic heterocycles. The first-order chi connectivity index (χ1) is 22.2. The molecule has 0 aliphatic carbocycles. The number of benzene rings is 3. The minimum absolute atomic E-state index is 0.0707. The number of hydrogen-bond donors (Lipinski definition) is 0. The SMILES string of the molecule is COC1(C)O[C@@H]([C@@H]2OS(=O)(=O)OC[C@H]2OCc2ccccc2)[C@H]([C@H](COCc2ccccc2)OCc2ccccc2)OC1(C)OC. The molecule has 0 saturated carbocycles. The van der Waals surface area contributed by atoms with E-state index in [0.717, 1.165) is 16.7 Å².